The van der Waals surface area contributed by atoms with Gasteiger partial charge in [-0.05, 0) is 30.2 Å². The SMILES string of the molecule is COc1cccc2c1OCC(C(=O)N1CCN(c3ccncc3)CC1)C2. The average molecular weight is 353 g/mol. The predicted molar refractivity (Wildman–Crippen MR) is 98.7 cm³/mol. The second-order valence-electron chi connectivity index (χ2n) is 6.68. The molecule has 1 fully saturated rings. The molecule has 0 spiro atoms. The number of benzene rings is 1. The lowest BCUT2D eigenvalue weighted by Crippen LogP contribution is -2.51. The van der Waals surface area contributed by atoms with Gasteiger partial charge in [-0.3, -0.25) is 9.78 Å². The molecule has 2 aromatic rings. The van der Waals surface area contributed by atoms with Gasteiger partial charge >= 0.3 is 0 Å². The molecule has 1 atom stereocenters. The first-order chi connectivity index (χ1) is 12.8. The van der Waals surface area contributed by atoms with Crippen molar-refractivity contribution in [3.63, 3.8) is 0 Å². The summed E-state index contributed by atoms with van der Waals surface area (Å²) < 4.78 is 11.2. The topological polar surface area (TPSA) is 54.9 Å². The van der Waals surface area contributed by atoms with Crippen LogP contribution in [0.5, 0.6) is 11.5 Å². The van der Waals surface area contributed by atoms with E-state index in [4.69, 9.17) is 9.47 Å². The highest BCUT2D eigenvalue weighted by molar-refractivity contribution is 5.80. The number of hydrogen-bond acceptors (Lipinski definition) is 5. The summed E-state index contributed by atoms with van der Waals surface area (Å²) >= 11 is 0. The molecule has 4 rings (SSSR count). The number of fused-ring (bicyclic) bond motifs is 1. The van der Waals surface area contributed by atoms with Crippen molar-refractivity contribution in [2.24, 2.45) is 5.92 Å². The molecule has 1 unspecified atom stereocenters. The maximum atomic E-state index is 12.9. The van der Waals surface area contributed by atoms with Crippen LogP contribution in [0.15, 0.2) is 42.7 Å². The number of pyridine rings is 1. The maximum absolute atomic E-state index is 12.9. The van der Waals surface area contributed by atoms with Crippen molar-refractivity contribution in [2.75, 3.05) is 44.8 Å². The summed E-state index contributed by atoms with van der Waals surface area (Å²) in [7, 11) is 1.64. The van der Waals surface area contributed by atoms with E-state index in [0.717, 1.165) is 48.9 Å². The molecule has 26 heavy (non-hydrogen) atoms. The minimum absolute atomic E-state index is 0.123. The summed E-state index contributed by atoms with van der Waals surface area (Å²) in [6.45, 7) is 3.57. The first-order valence-corrected chi connectivity index (χ1v) is 8.98. The minimum atomic E-state index is -0.123. The van der Waals surface area contributed by atoms with Gasteiger partial charge in [-0.2, -0.15) is 0 Å². The van der Waals surface area contributed by atoms with Crippen molar-refractivity contribution in [1.82, 2.24) is 9.88 Å². The summed E-state index contributed by atoms with van der Waals surface area (Å²) in [5.41, 5.74) is 2.21. The number of para-hydroxylation sites is 1. The number of methoxy groups -OCH3 is 1. The molecule has 6 heteroatoms. The van der Waals surface area contributed by atoms with Crippen molar-refractivity contribution < 1.29 is 14.3 Å². The van der Waals surface area contributed by atoms with Crippen LogP contribution in [0.3, 0.4) is 0 Å². The van der Waals surface area contributed by atoms with E-state index < -0.39 is 0 Å². The molecule has 1 amide bonds. The zero-order valence-electron chi connectivity index (χ0n) is 14.9. The van der Waals surface area contributed by atoms with E-state index in [1.165, 1.54) is 0 Å². The molecule has 0 aliphatic carbocycles. The molecule has 0 N–H and O–H groups in total. The van der Waals surface area contributed by atoms with Gasteiger partial charge in [-0.25, -0.2) is 0 Å². The van der Waals surface area contributed by atoms with Gasteiger partial charge in [0.25, 0.3) is 0 Å². The highest BCUT2D eigenvalue weighted by Gasteiger charge is 2.32. The number of ether oxygens (including phenoxy) is 2. The third kappa shape index (κ3) is 3.19. The van der Waals surface area contributed by atoms with E-state index in [9.17, 15) is 4.79 Å². The van der Waals surface area contributed by atoms with Crippen LogP contribution in [0.4, 0.5) is 5.69 Å². The zero-order chi connectivity index (χ0) is 17.9. The summed E-state index contributed by atoms with van der Waals surface area (Å²) in [4.78, 5) is 21.3. The predicted octanol–water partition coefficient (Wildman–Crippen LogP) is 1.99. The van der Waals surface area contributed by atoms with Gasteiger partial charge in [0.05, 0.1) is 13.0 Å². The lowest BCUT2D eigenvalue weighted by atomic mass is 9.95. The normalized spacial score (nSPS) is 19.5. The fourth-order valence-electron chi connectivity index (χ4n) is 3.71. The quantitative estimate of drug-likeness (QED) is 0.845. The van der Waals surface area contributed by atoms with Crippen molar-refractivity contribution in [3.8, 4) is 11.5 Å². The number of carbonyl (C=O) groups excluding carboxylic acids is 1. The smallest absolute Gasteiger partial charge is 0.229 e. The van der Waals surface area contributed by atoms with Crippen LogP contribution in [-0.4, -0.2) is 55.7 Å². The fourth-order valence-corrected chi connectivity index (χ4v) is 3.71. The van der Waals surface area contributed by atoms with Gasteiger partial charge in [-0.15, -0.1) is 0 Å². The van der Waals surface area contributed by atoms with Crippen LogP contribution in [-0.2, 0) is 11.2 Å². The molecular weight excluding hydrogens is 330 g/mol. The van der Waals surface area contributed by atoms with Gasteiger partial charge in [-0.1, -0.05) is 12.1 Å². The van der Waals surface area contributed by atoms with E-state index in [2.05, 4.69) is 9.88 Å². The Balaban J connectivity index is 1.38. The highest BCUT2D eigenvalue weighted by atomic mass is 16.5. The molecule has 136 valence electrons. The summed E-state index contributed by atoms with van der Waals surface area (Å²) in [6.07, 6.45) is 4.31. The molecule has 1 aromatic carbocycles. The first kappa shape index (κ1) is 16.7. The van der Waals surface area contributed by atoms with E-state index in [-0.39, 0.29) is 11.8 Å². The van der Waals surface area contributed by atoms with Gasteiger partial charge in [0.2, 0.25) is 5.91 Å². The number of amides is 1. The van der Waals surface area contributed by atoms with E-state index in [1.54, 1.807) is 19.5 Å². The van der Waals surface area contributed by atoms with Crippen LogP contribution >= 0.6 is 0 Å². The van der Waals surface area contributed by atoms with Gasteiger partial charge in [0.1, 0.15) is 6.61 Å². The maximum Gasteiger partial charge on any atom is 0.229 e. The first-order valence-electron chi connectivity index (χ1n) is 8.98. The Bertz CT molecular complexity index is 773. The Labute approximate surface area is 153 Å². The van der Waals surface area contributed by atoms with Crippen LogP contribution in [0.25, 0.3) is 0 Å². The lowest BCUT2D eigenvalue weighted by Gasteiger charge is -2.38. The fraction of sp³-hybridized carbons (Fsp3) is 0.400. The number of carbonyl (C=O) groups is 1. The van der Waals surface area contributed by atoms with E-state index in [0.29, 0.717) is 13.0 Å². The van der Waals surface area contributed by atoms with Crippen molar-refractivity contribution in [1.29, 1.82) is 0 Å². The molecule has 0 saturated carbocycles. The van der Waals surface area contributed by atoms with Gasteiger partial charge in [0, 0.05) is 44.3 Å². The third-order valence-corrected chi connectivity index (χ3v) is 5.14. The molecule has 0 bridgehead atoms. The van der Waals surface area contributed by atoms with Crippen molar-refractivity contribution in [3.05, 3.63) is 48.3 Å². The van der Waals surface area contributed by atoms with Crippen molar-refractivity contribution >= 4 is 11.6 Å². The standard InChI is InChI=1S/C20H23N3O3/c1-25-18-4-2-3-15-13-16(14-26-19(15)18)20(24)23-11-9-22(10-12-23)17-5-7-21-8-6-17/h2-8,16H,9-14H2,1H3. The molecule has 1 aromatic heterocycles. The molecule has 2 aliphatic heterocycles. The average Bonchev–Trinajstić information content (AvgIpc) is 2.73. The minimum Gasteiger partial charge on any atom is -0.493 e. The summed E-state index contributed by atoms with van der Waals surface area (Å²) in [5, 5.41) is 0. The second kappa shape index (κ2) is 7.23. The molecule has 0 radical (unpaired) electrons. The van der Waals surface area contributed by atoms with Crippen LogP contribution < -0.4 is 14.4 Å². The largest absolute Gasteiger partial charge is 0.493 e. The molecule has 6 nitrogen and oxygen atoms in total. The number of rotatable bonds is 3. The molecular formula is C20H23N3O3. The third-order valence-electron chi connectivity index (χ3n) is 5.14. The number of nitrogens with zero attached hydrogens (tertiary/aromatic N) is 3. The van der Waals surface area contributed by atoms with E-state index >= 15 is 0 Å². The number of piperazine rings is 1. The molecule has 1 saturated heterocycles. The number of aromatic nitrogens is 1. The summed E-state index contributed by atoms with van der Waals surface area (Å²) in [6, 6.07) is 9.87. The molecule has 3 heterocycles. The Morgan fingerprint density at radius 2 is 1.92 bits per heavy atom. The van der Waals surface area contributed by atoms with E-state index in [1.807, 2.05) is 35.2 Å². The van der Waals surface area contributed by atoms with Gasteiger partial charge < -0.3 is 19.3 Å². The highest BCUT2D eigenvalue weighted by Crippen LogP contribution is 2.36. The van der Waals surface area contributed by atoms with Crippen molar-refractivity contribution in [2.45, 2.75) is 6.42 Å². The Hall–Kier alpha value is -2.76. The zero-order valence-corrected chi connectivity index (χ0v) is 14.9. The van der Waals surface area contributed by atoms with Gasteiger partial charge in [0.15, 0.2) is 11.5 Å². The monoisotopic (exact) mass is 353 g/mol. The number of hydrogen-bond donors (Lipinski definition) is 0. The Morgan fingerprint density at radius 1 is 1.15 bits per heavy atom. The lowest BCUT2D eigenvalue weighted by molar-refractivity contribution is -0.137. The van der Waals surface area contributed by atoms with Crippen LogP contribution in [0.2, 0.25) is 0 Å². The van der Waals surface area contributed by atoms with Crippen LogP contribution in [0, 0.1) is 5.92 Å². The second-order valence-corrected chi connectivity index (χ2v) is 6.68. The number of anilines is 1. The Morgan fingerprint density at radius 3 is 2.65 bits per heavy atom. The van der Waals surface area contributed by atoms with Crippen LogP contribution in [0.1, 0.15) is 5.56 Å². The Kier molecular flexibility index (Phi) is 4.65. The molecule has 2 aliphatic rings. The summed E-state index contributed by atoms with van der Waals surface area (Å²) in [5.74, 6) is 1.58.